The van der Waals surface area contributed by atoms with Crippen molar-refractivity contribution < 1.29 is 19.2 Å². The summed E-state index contributed by atoms with van der Waals surface area (Å²) >= 11 is 0. The van der Waals surface area contributed by atoms with E-state index >= 15 is 0 Å². The van der Waals surface area contributed by atoms with Crippen LogP contribution in [0.4, 0.5) is 0 Å². The van der Waals surface area contributed by atoms with Crippen molar-refractivity contribution in [2.24, 2.45) is 0 Å². The van der Waals surface area contributed by atoms with Crippen LogP contribution >= 0.6 is 0 Å². The number of aliphatic hydroxyl groups is 1. The van der Waals surface area contributed by atoms with Crippen molar-refractivity contribution in [3.05, 3.63) is 65.8 Å². The van der Waals surface area contributed by atoms with Gasteiger partial charge in [-0.05, 0) is 36.1 Å². The van der Waals surface area contributed by atoms with Crippen molar-refractivity contribution in [2.75, 3.05) is 6.54 Å². The van der Waals surface area contributed by atoms with Gasteiger partial charge < -0.3 is 19.5 Å². The van der Waals surface area contributed by atoms with Crippen molar-refractivity contribution in [1.82, 2.24) is 15.0 Å². The highest BCUT2D eigenvalue weighted by Crippen LogP contribution is 2.23. The summed E-state index contributed by atoms with van der Waals surface area (Å²) < 4.78 is 5.11. The number of aromatic nitrogens is 2. The Morgan fingerprint density at radius 3 is 2.70 bits per heavy atom. The van der Waals surface area contributed by atoms with Crippen LogP contribution in [0, 0.1) is 6.92 Å². The van der Waals surface area contributed by atoms with E-state index in [2.05, 4.69) is 10.1 Å². The van der Waals surface area contributed by atoms with E-state index in [4.69, 9.17) is 4.52 Å². The van der Waals surface area contributed by atoms with Crippen LogP contribution in [0.2, 0.25) is 0 Å². The van der Waals surface area contributed by atoms with E-state index in [0.29, 0.717) is 24.3 Å². The third-order valence-electron chi connectivity index (χ3n) is 5.52. The summed E-state index contributed by atoms with van der Waals surface area (Å²) in [6.07, 6.45) is 4.39. The lowest BCUT2D eigenvalue weighted by Gasteiger charge is -2.23. The van der Waals surface area contributed by atoms with Gasteiger partial charge in [0.05, 0.1) is 24.3 Å². The van der Waals surface area contributed by atoms with E-state index in [9.17, 15) is 14.7 Å². The molecule has 2 atom stereocenters. The zero-order valence-corrected chi connectivity index (χ0v) is 16.9. The van der Waals surface area contributed by atoms with Crippen LogP contribution in [0.1, 0.15) is 29.9 Å². The second-order valence-electron chi connectivity index (χ2n) is 7.83. The van der Waals surface area contributed by atoms with Crippen molar-refractivity contribution in [3.63, 3.8) is 0 Å². The molecule has 7 nitrogen and oxygen atoms in total. The number of benzene rings is 1. The molecule has 0 saturated carbocycles. The molecule has 1 fully saturated rings. The van der Waals surface area contributed by atoms with Crippen LogP contribution in [-0.4, -0.2) is 50.5 Å². The number of Topliss-reactive ketones (excluding diaryl/α,β-unsaturated/α-hetero) is 1. The van der Waals surface area contributed by atoms with Gasteiger partial charge in [0.15, 0.2) is 5.78 Å². The van der Waals surface area contributed by atoms with E-state index in [-0.39, 0.29) is 31.1 Å². The van der Waals surface area contributed by atoms with Gasteiger partial charge >= 0.3 is 0 Å². The summed E-state index contributed by atoms with van der Waals surface area (Å²) in [5, 5.41) is 13.8. The Bertz CT molecular complexity index is 1010. The molecule has 156 valence electrons. The standard InChI is InChI=1S/C23H25N3O4/c1-15-10-20(30-25-15)12-23(29)26-14-19(27)11-21(26)22(28)7-4-16-2-5-17(6-3-16)18-8-9-24-13-18/h2-3,5-6,8-10,13,19,21,24,27H,4,7,11-12,14H2,1H3/t19-,21+/m1/s1. The minimum atomic E-state index is -0.681. The molecule has 3 heterocycles. The predicted octanol–water partition coefficient (Wildman–Crippen LogP) is 2.68. The maximum absolute atomic E-state index is 12.8. The van der Waals surface area contributed by atoms with Crippen LogP contribution < -0.4 is 0 Å². The number of carbonyl (C=O) groups excluding carboxylic acids is 2. The Kier molecular flexibility index (Phi) is 5.81. The first-order chi connectivity index (χ1) is 14.5. The Balaban J connectivity index is 1.36. The number of ketones is 1. The normalized spacial score (nSPS) is 18.7. The van der Waals surface area contributed by atoms with E-state index in [1.54, 1.807) is 13.0 Å². The van der Waals surface area contributed by atoms with Crippen LogP contribution in [0.5, 0.6) is 0 Å². The zero-order chi connectivity index (χ0) is 21.1. The molecular weight excluding hydrogens is 382 g/mol. The number of amides is 1. The molecule has 1 amide bonds. The van der Waals surface area contributed by atoms with E-state index < -0.39 is 12.1 Å². The minimum Gasteiger partial charge on any atom is -0.391 e. The molecule has 1 aromatic carbocycles. The average Bonchev–Trinajstić information content (AvgIpc) is 3.48. The summed E-state index contributed by atoms with van der Waals surface area (Å²) in [7, 11) is 0. The largest absolute Gasteiger partial charge is 0.391 e. The number of nitrogens with one attached hydrogen (secondary N) is 1. The molecule has 0 unspecified atom stereocenters. The van der Waals surface area contributed by atoms with Gasteiger partial charge in [-0.1, -0.05) is 29.4 Å². The number of rotatable bonds is 7. The molecule has 2 aromatic heterocycles. The highest BCUT2D eigenvalue weighted by molar-refractivity contribution is 5.90. The number of β-amino-alcohol motifs (C(OH)–C–C–N with tert-alkyl or cyclic N) is 1. The van der Waals surface area contributed by atoms with Gasteiger partial charge in [0.1, 0.15) is 5.76 Å². The van der Waals surface area contributed by atoms with Crippen molar-refractivity contribution in [3.8, 4) is 11.1 Å². The lowest BCUT2D eigenvalue weighted by atomic mass is 9.99. The first-order valence-corrected chi connectivity index (χ1v) is 10.1. The van der Waals surface area contributed by atoms with E-state index in [1.165, 1.54) is 4.90 Å². The zero-order valence-electron chi connectivity index (χ0n) is 16.9. The van der Waals surface area contributed by atoms with Gasteiger partial charge in [0.2, 0.25) is 5.91 Å². The monoisotopic (exact) mass is 407 g/mol. The second kappa shape index (κ2) is 8.67. The fourth-order valence-corrected chi connectivity index (χ4v) is 3.95. The van der Waals surface area contributed by atoms with Crippen LogP contribution in [0.3, 0.4) is 0 Å². The summed E-state index contributed by atoms with van der Waals surface area (Å²) in [6, 6.07) is 11.3. The molecule has 0 bridgehead atoms. The van der Waals surface area contributed by atoms with E-state index in [0.717, 1.165) is 16.7 Å². The maximum atomic E-state index is 12.8. The third kappa shape index (κ3) is 4.52. The quantitative estimate of drug-likeness (QED) is 0.627. The lowest BCUT2D eigenvalue weighted by Crippen LogP contribution is -2.41. The highest BCUT2D eigenvalue weighted by Gasteiger charge is 2.38. The molecule has 3 aromatic rings. The number of likely N-dealkylation sites (tertiary alicyclic amines) is 1. The SMILES string of the molecule is Cc1cc(CC(=O)N2C[C@H](O)C[C@H]2C(=O)CCc2ccc(-c3cc[nH]c3)cc2)on1. The molecule has 1 aliphatic heterocycles. The Morgan fingerprint density at radius 2 is 2.03 bits per heavy atom. The molecule has 7 heteroatoms. The summed E-state index contributed by atoms with van der Waals surface area (Å²) in [5.74, 6) is 0.216. The highest BCUT2D eigenvalue weighted by atomic mass is 16.5. The van der Waals surface area contributed by atoms with Gasteiger partial charge in [-0.25, -0.2) is 0 Å². The van der Waals surface area contributed by atoms with Crippen molar-refractivity contribution in [1.29, 1.82) is 0 Å². The van der Waals surface area contributed by atoms with Gasteiger partial charge in [-0.15, -0.1) is 0 Å². The molecule has 0 spiro atoms. The Hall–Kier alpha value is -3.19. The first kappa shape index (κ1) is 20.1. The van der Waals surface area contributed by atoms with Gasteiger partial charge in [-0.2, -0.15) is 0 Å². The number of nitrogens with zero attached hydrogens (tertiary/aromatic N) is 2. The lowest BCUT2D eigenvalue weighted by molar-refractivity contribution is -0.137. The van der Waals surface area contributed by atoms with Crippen LogP contribution in [0.25, 0.3) is 11.1 Å². The molecular formula is C23H25N3O4. The number of carbonyl (C=O) groups is 2. The molecule has 4 rings (SSSR count). The Labute approximate surface area is 174 Å². The molecule has 1 aliphatic rings. The van der Waals surface area contributed by atoms with Crippen LogP contribution in [0.15, 0.2) is 53.3 Å². The number of hydrogen-bond donors (Lipinski definition) is 2. The molecule has 2 N–H and O–H groups in total. The summed E-state index contributed by atoms with van der Waals surface area (Å²) in [4.78, 5) is 30.1. The maximum Gasteiger partial charge on any atom is 0.231 e. The number of hydrogen-bond acceptors (Lipinski definition) is 5. The summed E-state index contributed by atoms with van der Waals surface area (Å²) in [6.45, 7) is 1.96. The number of aliphatic hydroxyl groups excluding tert-OH is 1. The average molecular weight is 407 g/mol. The number of aryl methyl sites for hydroxylation is 2. The van der Waals surface area contributed by atoms with Crippen molar-refractivity contribution in [2.45, 2.75) is 44.8 Å². The number of H-pyrrole nitrogens is 1. The summed E-state index contributed by atoms with van der Waals surface area (Å²) in [5.41, 5.74) is 4.00. The second-order valence-corrected chi connectivity index (χ2v) is 7.83. The fourth-order valence-electron chi connectivity index (χ4n) is 3.95. The number of aromatic amines is 1. The minimum absolute atomic E-state index is 0.0247. The topological polar surface area (TPSA) is 99.4 Å². The van der Waals surface area contributed by atoms with Gasteiger partial charge in [0, 0.05) is 37.8 Å². The molecule has 1 saturated heterocycles. The molecule has 30 heavy (non-hydrogen) atoms. The van der Waals surface area contributed by atoms with Crippen LogP contribution in [-0.2, 0) is 22.4 Å². The fraction of sp³-hybridized carbons (Fsp3) is 0.348. The molecule has 0 radical (unpaired) electrons. The van der Waals surface area contributed by atoms with Gasteiger partial charge in [0.25, 0.3) is 0 Å². The van der Waals surface area contributed by atoms with E-state index in [1.807, 2.05) is 42.7 Å². The first-order valence-electron chi connectivity index (χ1n) is 10.1. The third-order valence-corrected chi connectivity index (χ3v) is 5.52. The molecule has 0 aliphatic carbocycles. The van der Waals surface area contributed by atoms with Gasteiger partial charge in [-0.3, -0.25) is 9.59 Å². The predicted molar refractivity (Wildman–Crippen MR) is 111 cm³/mol. The van der Waals surface area contributed by atoms with Crippen molar-refractivity contribution >= 4 is 11.7 Å². The Morgan fingerprint density at radius 1 is 1.23 bits per heavy atom. The smallest absolute Gasteiger partial charge is 0.231 e.